The van der Waals surface area contributed by atoms with Crippen LogP contribution in [0.1, 0.15) is 0 Å². The molecule has 92 valence electrons. The molecule has 0 saturated heterocycles. The van der Waals surface area contributed by atoms with E-state index in [-0.39, 0.29) is 5.52 Å². The summed E-state index contributed by atoms with van der Waals surface area (Å²) in [5.41, 5.74) is -0.219. The molecule has 18 heavy (non-hydrogen) atoms. The van der Waals surface area contributed by atoms with Gasteiger partial charge in [0, 0.05) is 26.5 Å². The maximum absolute atomic E-state index is 11.9. The van der Waals surface area contributed by atoms with Crippen molar-refractivity contribution in [3.63, 3.8) is 0 Å². The molecule has 8 nitrogen and oxygen atoms in total. The molecule has 8 heteroatoms. The van der Waals surface area contributed by atoms with E-state index in [0.717, 1.165) is 4.57 Å². The van der Waals surface area contributed by atoms with Gasteiger partial charge in [-0.15, -0.1) is 0 Å². The highest BCUT2D eigenvalue weighted by Gasteiger charge is 2.13. The van der Waals surface area contributed by atoms with E-state index in [0.29, 0.717) is 11.6 Å². The Morgan fingerprint density at radius 1 is 1.22 bits per heavy atom. The molecular formula is C10H10N6O2. The summed E-state index contributed by atoms with van der Waals surface area (Å²) in [6.07, 6.45) is 3.30. The highest BCUT2D eigenvalue weighted by atomic mass is 16.2. The Morgan fingerprint density at radius 3 is 2.67 bits per heavy atom. The number of hydrogen-bond acceptors (Lipinski definition) is 4. The van der Waals surface area contributed by atoms with Crippen molar-refractivity contribution in [2.45, 2.75) is 0 Å². The Hall–Kier alpha value is -2.64. The Balaban J connectivity index is 2.44. The van der Waals surface area contributed by atoms with Crippen LogP contribution in [0.15, 0.2) is 28.0 Å². The van der Waals surface area contributed by atoms with Gasteiger partial charge in [-0.2, -0.15) is 10.1 Å². The molecule has 1 N–H and O–H groups in total. The molecule has 0 aromatic carbocycles. The fourth-order valence-electron chi connectivity index (χ4n) is 1.82. The van der Waals surface area contributed by atoms with Crippen molar-refractivity contribution < 1.29 is 0 Å². The van der Waals surface area contributed by atoms with Crippen LogP contribution in [0.25, 0.3) is 17.1 Å². The topological polar surface area (TPSA) is 90.5 Å². The van der Waals surface area contributed by atoms with E-state index in [1.165, 1.54) is 16.3 Å². The SMILES string of the molecule is Cn1c(=O)c2[nH]c(-n3cccn3)nc2n(C)c1=O. The van der Waals surface area contributed by atoms with Gasteiger partial charge in [-0.1, -0.05) is 0 Å². The number of fused-ring (bicyclic) bond motifs is 1. The van der Waals surface area contributed by atoms with Crippen molar-refractivity contribution >= 4 is 11.2 Å². The number of H-pyrrole nitrogens is 1. The highest BCUT2D eigenvalue weighted by molar-refractivity contribution is 5.71. The molecular weight excluding hydrogens is 236 g/mol. The molecule has 0 aliphatic heterocycles. The van der Waals surface area contributed by atoms with Crippen LogP contribution >= 0.6 is 0 Å². The average Bonchev–Trinajstić information content (AvgIpc) is 3.01. The lowest BCUT2D eigenvalue weighted by molar-refractivity contribution is 0.708. The van der Waals surface area contributed by atoms with E-state index < -0.39 is 11.2 Å². The summed E-state index contributed by atoms with van der Waals surface area (Å²) in [7, 11) is 3.00. The van der Waals surface area contributed by atoms with E-state index in [2.05, 4.69) is 15.1 Å². The molecule has 0 spiro atoms. The van der Waals surface area contributed by atoms with Gasteiger partial charge in [-0.05, 0) is 6.07 Å². The Labute approximate surface area is 100 Å². The smallest absolute Gasteiger partial charge is 0.316 e. The number of aryl methyl sites for hydroxylation is 1. The fraction of sp³-hybridized carbons (Fsp3) is 0.200. The summed E-state index contributed by atoms with van der Waals surface area (Å²) in [5.74, 6) is 0.397. The lowest BCUT2D eigenvalue weighted by Gasteiger charge is -2.00. The van der Waals surface area contributed by atoms with Gasteiger partial charge in [-0.3, -0.25) is 13.9 Å². The minimum atomic E-state index is -0.411. The second-order valence-electron chi connectivity index (χ2n) is 3.92. The highest BCUT2D eigenvalue weighted by Crippen LogP contribution is 2.07. The zero-order chi connectivity index (χ0) is 12.9. The summed E-state index contributed by atoms with van der Waals surface area (Å²) in [4.78, 5) is 30.8. The molecule has 3 rings (SSSR count). The van der Waals surface area contributed by atoms with Gasteiger partial charge in [0.25, 0.3) is 5.56 Å². The van der Waals surface area contributed by atoms with E-state index in [1.807, 2.05) is 0 Å². The number of hydrogen-bond donors (Lipinski definition) is 1. The van der Waals surface area contributed by atoms with Crippen molar-refractivity contribution in [1.29, 1.82) is 0 Å². The number of rotatable bonds is 1. The molecule has 3 heterocycles. The van der Waals surface area contributed by atoms with Crippen molar-refractivity contribution in [3.8, 4) is 5.95 Å². The first-order valence-corrected chi connectivity index (χ1v) is 5.25. The second-order valence-corrected chi connectivity index (χ2v) is 3.92. The second kappa shape index (κ2) is 3.42. The molecule has 3 aromatic heterocycles. The molecule has 0 radical (unpaired) electrons. The molecule has 0 atom stereocenters. The molecule has 0 aliphatic rings. The van der Waals surface area contributed by atoms with Crippen LogP contribution in [0, 0.1) is 0 Å². The molecule has 0 bridgehead atoms. The largest absolute Gasteiger partial charge is 0.332 e. The third-order valence-electron chi connectivity index (χ3n) is 2.80. The van der Waals surface area contributed by atoms with Crippen LogP contribution in [0.5, 0.6) is 0 Å². The van der Waals surface area contributed by atoms with Crippen molar-refractivity contribution in [3.05, 3.63) is 39.3 Å². The van der Waals surface area contributed by atoms with Crippen molar-refractivity contribution in [2.24, 2.45) is 14.1 Å². The number of imidazole rings is 1. The van der Waals surface area contributed by atoms with Crippen LogP contribution < -0.4 is 11.2 Å². The summed E-state index contributed by atoms with van der Waals surface area (Å²) in [6.45, 7) is 0. The Bertz CT molecular complexity index is 836. The van der Waals surface area contributed by atoms with Gasteiger partial charge < -0.3 is 4.98 Å². The third-order valence-corrected chi connectivity index (χ3v) is 2.80. The summed E-state index contributed by atoms with van der Waals surface area (Å²) < 4.78 is 3.84. The molecule has 0 saturated carbocycles. The fourth-order valence-corrected chi connectivity index (χ4v) is 1.82. The van der Waals surface area contributed by atoms with Crippen LogP contribution in [0.4, 0.5) is 0 Å². The standard InChI is InChI=1S/C10H10N6O2/c1-14-7-6(8(17)15(2)10(14)18)12-9(13-7)16-5-3-4-11-16/h3-5H,1-2H3,(H,12,13). The number of nitrogens with zero attached hydrogens (tertiary/aromatic N) is 5. The van der Waals surface area contributed by atoms with Crippen molar-refractivity contribution in [1.82, 2.24) is 28.9 Å². The first-order valence-electron chi connectivity index (χ1n) is 5.25. The van der Waals surface area contributed by atoms with Crippen LogP contribution in [0.3, 0.4) is 0 Å². The van der Waals surface area contributed by atoms with Crippen LogP contribution in [-0.4, -0.2) is 28.9 Å². The van der Waals surface area contributed by atoms with Gasteiger partial charge in [-0.25, -0.2) is 9.48 Å². The predicted molar refractivity (Wildman–Crippen MR) is 63.7 cm³/mol. The summed E-state index contributed by atoms with van der Waals surface area (Å²) in [5, 5.41) is 4.01. The molecule has 0 fully saturated rings. The van der Waals surface area contributed by atoms with Gasteiger partial charge in [0.15, 0.2) is 11.2 Å². The molecule has 3 aromatic rings. The molecule has 0 unspecified atom stereocenters. The monoisotopic (exact) mass is 246 g/mol. The Kier molecular flexibility index (Phi) is 2.00. The third kappa shape index (κ3) is 1.25. The maximum atomic E-state index is 11.9. The van der Waals surface area contributed by atoms with E-state index >= 15 is 0 Å². The van der Waals surface area contributed by atoms with E-state index in [1.54, 1.807) is 25.5 Å². The van der Waals surface area contributed by atoms with Gasteiger partial charge in [0.1, 0.15) is 0 Å². The lowest BCUT2D eigenvalue weighted by atomic mass is 10.5. The van der Waals surface area contributed by atoms with Gasteiger partial charge >= 0.3 is 5.69 Å². The van der Waals surface area contributed by atoms with Gasteiger partial charge in [0.05, 0.1) is 0 Å². The zero-order valence-corrected chi connectivity index (χ0v) is 9.78. The zero-order valence-electron chi connectivity index (χ0n) is 9.78. The number of nitrogens with one attached hydrogen (secondary N) is 1. The first kappa shape index (κ1) is 10.5. The Morgan fingerprint density at radius 2 is 2.00 bits per heavy atom. The minimum Gasteiger partial charge on any atom is -0.316 e. The van der Waals surface area contributed by atoms with E-state index in [4.69, 9.17) is 0 Å². The van der Waals surface area contributed by atoms with Crippen molar-refractivity contribution in [2.75, 3.05) is 0 Å². The summed E-state index contributed by atoms with van der Waals surface area (Å²) in [6, 6.07) is 1.74. The molecule has 0 amide bonds. The normalized spacial score (nSPS) is 11.2. The van der Waals surface area contributed by atoms with E-state index in [9.17, 15) is 9.59 Å². The van der Waals surface area contributed by atoms with Crippen LogP contribution in [-0.2, 0) is 14.1 Å². The average molecular weight is 246 g/mol. The first-order chi connectivity index (χ1) is 8.59. The lowest BCUT2D eigenvalue weighted by Crippen LogP contribution is -2.36. The number of aromatic amines is 1. The quantitative estimate of drug-likeness (QED) is 0.605. The minimum absolute atomic E-state index is 0.282. The van der Waals surface area contributed by atoms with Gasteiger partial charge in [0.2, 0.25) is 5.95 Å². The molecule has 0 aliphatic carbocycles. The predicted octanol–water partition coefficient (Wildman–Crippen LogP) is -0.854. The van der Waals surface area contributed by atoms with Crippen LogP contribution in [0.2, 0.25) is 0 Å². The maximum Gasteiger partial charge on any atom is 0.332 e. The summed E-state index contributed by atoms with van der Waals surface area (Å²) >= 11 is 0. The number of aromatic nitrogens is 6.